The summed E-state index contributed by atoms with van der Waals surface area (Å²) in [6.45, 7) is 16.9. The highest BCUT2D eigenvalue weighted by molar-refractivity contribution is 6.87. The molecule has 0 saturated carbocycles. The summed E-state index contributed by atoms with van der Waals surface area (Å²) in [6.07, 6.45) is 4.84. The maximum atomic E-state index is 2.91. The van der Waals surface area contributed by atoms with Gasteiger partial charge in [0.15, 0.2) is 0 Å². The van der Waals surface area contributed by atoms with Crippen LogP contribution in [0, 0.1) is 0 Å². The van der Waals surface area contributed by atoms with Crippen LogP contribution in [-0.4, -0.2) is 27.0 Å². The first kappa shape index (κ1) is 16.5. The highest BCUT2D eigenvalue weighted by Gasteiger charge is 2.44. The molecule has 0 spiro atoms. The second-order valence-electron chi connectivity index (χ2n) is 7.49. The molecule has 0 aliphatic heterocycles. The number of benzene rings is 1. The van der Waals surface area contributed by atoms with Gasteiger partial charge in [0.05, 0.1) is 0 Å². The van der Waals surface area contributed by atoms with Crippen LogP contribution in [0.5, 0.6) is 0 Å². The van der Waals surface area contributed by atoms with Crippen LogP contribution in [0.4, 0.5) is 0 Å². The summed E-state index contributed by atoms with van der Waals surface area (Å²) in [5.74, 6) is 0. The van der Waals surface area contributed by atoms with E-state index in [4.69, 9.17) is 0 Å². The third-order valence-electron chi connectivity index (χ3n) is 4.64. The third kappa shape index (κ3) is 3.15. The maximum Gasteiger partial charge on any atom is 0.135 e. The Bertz CT molecular complexity index is 569. The molecule has 0 heterocycles. The van der Waals surface area contributed by atoms with Crippen molar-refractivity contribution in [3.05, 3.63) is 53.6 Å². The summed E-state index contributed by atoms with van der Waals surface area (Å²) < 4.78 is 2.91. The summed E-state index contributed by atoms with van der Waals surface area (Å²) >= 11 is 0. The van der Waals surface area contributed by atoms with Crippen molar-refractivity contribution in [2.75, 3.05) is 0 Å². The highest BCUT2D eigenvalue weighted by Crippen LogP contribution is 2.37. The average Bonchev–Trinajstić information content (AvgIpc) is 2.62. The van der Waals surface area contributed by atoms with Crippen molar-refractivity contribution < 1.29 is 0 Å². The van der Waals surface area contributed by atoms with Gasteiger partial charge < -0.3 is 4.23 Å². The second-order valence-corrected chi connectivity index (χ2v) is 15.4. The zero-order valence-electron chi connectivity index (χ0n) is 14.6. The molecule has 21 heavy (non-hydrogen) atoms. The van der Waals surface area contributed by atoms with E-state index >= 15 is 0 Å². The monoisotopic (exact) mass is 315 g/mol. The van der Waals surface area contributed by atoms with E-state index in [-0.39, 0.29) is 5.54 Å². The summed E-state index contributed by atoms with van der Waals surface area (Å²) in [5.41, 5.74) is 3.01. The Morgan fingerprint density at radius 2 is 1.62 bits per heavy atom. The number of allylic oxidation sites excluding steroid dienone is 2. The highest BCUT2D eigenvalue weighted by atomic mass is 28.4. The molecule has 1 aromatic rings. The van der Waals surface area contributed by atoms with Gasteiger partial charge in [0.1, 0.15) is 17.2 Å². The van der Waals surface area contributed by atoms with Crippen molar-refractivity contribution in [1.29, 1.82) is 0 Å². The average molecular weight is 316 g/mol. The lowest BCUT2D eigenvalue weighted by atomic mass is 9.98. The van der Waals surface area contributed by atoms with Gasteiger partial charge in [-0.3, -0.25) is 0 Å². The van der Waals surface area contributed by atoms with Gasteiger partial charge >= 0.3 is 0 Å². The topological polar surface area (TPSA) is 3.24 Å². The Hall–Kier alpha value is -0.906. The van der Waals surface area contributed by atoms with Gasteiger partial charge in [-0.25, -0.2) is 0 Å². The minimum Gasteiger partial charge on any atom is -0.333 e. The molecule has 0 radical (unpaired) electrons. The molecular weight excluding hydrogens is 286 g/mol. The van der Waals surface area contributed by atoms with Crippen LogP contribution >= 0.6 is 0 Å². The van der Waals surface area contributed by atoms with Gasteiger partial charge in [-0.15, -0.1) is 0 Å². The van der Waals surface area contributed by atoms with Crippen LogP contribution in [0.1, 0.15) is 20.8 Å². The predicted molar refractivity (Wildman–Crippen MR) is 100 cm³/mol. The molecule has 0 bridgehead atoms. The normalized spacial score (nSPS) is 24.0. The zero-order chi connectivity index (χ0) is 15.8. The fourth-order valence-corrected chi connectivity index (χ4v) is 12.8. The lowest BCUT2D eigenvalue weighted by Crippen LogP contribution is -2.66. The molecule has 114 valence electrons. The molecule has 0 aromatic heterocycles. The predicted octanol–water partition coefficient (Wildman–Crippen LogP) is 4.05. The molecule has 1 nitrogen and oxygen atoms in total. The van der Waals surface area contributed by atoms with Crippen molar-refractivity contribution in [2.45, 2.75) is 52.5 Å². The number of rotatable bonds is 4. The van der Waals surface area contributed by atoms with E-state index < -0.39 is 17.2 Å². The summed E-state index contributed by atoms with van der Waals surface area (Å²) in [6, 6.07) is 11.1. The van der Waals surface area contributed by atoms with Crippen molar-refractivity contribution in [2.24, 2.45) is 0 Å². The molecular formula is C18H29NSi2. The number of hydrogen-bond donors (Lipinski definition) is 0. The Morgan fingerprint density at radius 3 is 2.05 bits per heavy atom. The van der Waals surface area contributed by atoms with Crippen molar-refractivity contribution in [1.82, 2.24) is 4.23 Å². The Balaban J connectivity index is 2.49. The van der Waals surface area contributed by atoms with Crippen LogP contribution in [-0.2, 0) is 0 Å². The van der Waals surface area contributed by atoms with Gasteiger partial charge in [-0.2, -0.15) is 0 Å². The van der Waals surface area contributed by atoms with Crippen LogP contribution < -0.4 is 5.19 Å². The van der Waals surface area contributed by atoms with Gasteiger partial charge in [-0.05, 0) is 26.0 Å². The zero-order valence-corrected chi connectivity index (χ0v) is 16.7. The molecule has 1 aliphatic rings. The van der Waals surface area contributed by atoms with Gasteiger partial charge in [0, 0.05) is 5.54 Å². The van der Waals surface area contributed by atoms with E-state index in [9.17, 15) is 0 Å². The lowest BCUT2D eigenvalue weighted by Gasteiger charge is -2.50. The molecule has 2 atom stereocenters. The standard InChI is InChI=1S/C18H29NSi2/c1-15-13-16(2)18(3,14-15)19(21(5,6)7)20(4)17-11-9-8-10-12-17/h8-14,20H,1-7H3. The molecule has 1 aromatic carbocycles. The van der Waals surface area contributed by atoms with Crippen molar-refractivity contribution in [3.8, 4) is 0 Å². The Kier molecular flexibility index (Phi) is 4.47. The first-order chi connectivity index (χ1) is 9.66. The molecule has 0 amide bonds. The first-order valence-electron chi connectivity index (χ1n) is 7.89. The van der Waals surface area contributed by atoms with Crippen molar-refractivity contribution >= 4 is 22.4 Å². The Morgan fingerprint density at radius 1 is 1.05 bits per heavy atom. The van der Waals surface area contributed by atoms with Gasteiger partial charge in [0.2, 0.25) is 0 Å². The molecule has 0 saturated heterocycles. The van der Waals surface area contributed by atoms with E-state index in [2.05, 4.69) is 93.7 Å². The van der Waals surface area contributed by atoms with E-state index in [1.54, 1.807) is 5.19 Å². The number of hydrogen-bond acceptors (Lipinski definition) is 1. The molecule has 1 aliphatic carbocycles. The SMILES string of the molecule is CC1=CC(C)(N([SiH](C)c2ccccc2)[Si](C)(C)C)C(C)=C1. The fourth-order valence-electron chi connectivity index (χ4n) is 3.91. The van der Waals surface area contributed by atoms with Gasteiger partial charge in [-0.1, -0.05) is 79.8 Å². The van der Waals surface area contributed by atoms with Crippen LogP contribution in [0.15, 0.2) is 53.6 Å². The van der Waals surface area contributed by atoms with E-state index in [0.717, 1.165) is 0 Å². The fraction of sp³-hybridized carbons (Fsp3) is 0.444. The quantitative estimate of drug-likeness (QED) is 0.758. The minimum absolute atomic E-state index is 0.107. The van der Waals surface area contributed by atoms with E-state index in [1.807, 2.05) is 0 Å². The second kappa shape index (κ2) is 5.71. The Labute approximate surface area is 133 Å². The molecule has 3 heteroatoms. The van der Waals surface area contributed by atoms with E-state index in [0.29, 0.717) is 0 Å². The minimum atomic E-state index is -1.43. The lowest BCUT2D eigenvalue weighted by molar-refractivity contribution is 0.435. The molecule has 0 N–H and O–H groups in total. The summed E-state index contributed by atoms with van der Waals surface area (Å²) in [4.78, 5) is 0. The molecule has 2 unspecified atom stereocenters. The third-order valence-corrected chi connectivity index (χ3v) is 12.7. The van der Waals surface area contributed by atoms with E-state index in [1.165, 1.54) is 11.1 Å². The smallest absolute Gasteiger partial charge is 0.135 e. The van der Waals surface area contributed by atoms with Gasteiger partial charge in [0.25, 0.3) is 0 Å². The first-order valence-corrected chi connectivity index (χ1v) is 13.6. The van der Waals surface area contributed by atoms with Crippen LogP contribution in [0.25, 0.3) is 0 Å². The van der Waals surface area contributed by atoms with Crippen LogP contribution in [0.3, 0.4) is 0 Å². The maximum absolute atomic E-state index is 2.91. The number of nitrogens with zero attached hydrogens (tertiary/aromatic N) is 1. The van der Waals surface area contributed by atoms with Crippen molar-refractivity contribution in [3.63, 3.8) is 0 Å². The largest absolute Gasteiger partial charge is 0.333 e. The summed E-state index contributed by atoms with van der Waals surface area (Å²) in [5, 5.41) is 1.55. The van der Waals surface area contributed by atoms with Crippen LogP contribution in [0.2, 0.25) is 26.2 Å². The molecule has 0 fully saturated rings. The summed E-state index contributed by atoms with van der Waals surface area (Å²) in [7, 11) is -2.61. The molecule has 2 rings (SSSR count).